The summed E-state index contributed by atoms with van der Waals surface area (Å²) in [7, 11) is 3.67. The van der Waals surface area contributed by atoms with Gasteiger partial charge >= 0.3 is 0 Å². The van der Waals surface area contributed by atoms with Crippen LogP contribution >= 0.6 is 31.9 Å². The Kier molecular flexibility index (Phi) is 6.99. The van der Waals surface area contributed by atoms with Gasteiger partial charge in [0.1, 0.15) is 5.75 Å². The van der Waals surface area contributed by atoms with Gasteiger partial charge < -0.3 is 15.0 Å². The number of nitrogens with one attached hydrogen (secondary N) is 1. The van der Waals surface area contributed by atoms with Crippen LogP contribution in [0.25, 0.3) is 0 Å². The molecule has 0 unspecified atom stereocenters. The zero-order valence-electron chi connectivity index (χ0n) is 12.2. The molecule has 0 aliphatic carbocycles. The van der Waals surface area contributed by atoms with Crippen LogP contribution in [0.1, 0.15) is 19.4 Å². The monoisotopic (exact) mass is 406 g/mol. The summed E-state index contributed by atoms with van der Waals surface area (Å²) in [6, 6.07) is 4.12. The molecule has 1 aromatic rings. The second-order valence-electron chi connectivity index (χ2n) is 4.81. The Balaban J connectivity index is 2.76. The normalized spacial score (nSPS) is 10.8. The molecule has 6 heteroatoms. The minimum Gasteiger partial charge on any atom is -0.481 e. The van der Waals surface area contributed by atoms with Crippen LogP contribution in [0.15, 0.2) is 21.1 Å². The number of likely N-dealkylation sites (N-methyl/N-ethyl adjacent to an activating group) is 1. The molecule has 1 aromatic carbocycles. The molecule has 0 saturated carbocycles. The van der Waals surface area contributed by atoms with Crippen LogP contribution < -0.4 is 10.1 Å². The number of hydrogen-bond acceptors (Lipinski definition) is 3. The van der Waals surface area contributed by atoms with E-state index in [0.717, 1.165) is 21.1 Å². The molecule has 0 bridgehead atoms. The Morgan fingerprint density at radius 1 is 1.35 bits per heavy atom. The lowest BCUT2D eigenvalue weighted by molar-refractivity contribution is -0.133. The maximum absolute atomic E-state index is 11.9. The zero-order valence-corrected chi connectivity index (χ0v) is 15.3. The smallest absolute Gasteiger partial charge is 0.260 e. The molecular formula is C14H20Br2N2O2. The number of halogens is 2. The number of carbonyl (C=O) groups excluding carboxylic acids is 1. The van der Waals surface area contributed by atoms with Crippen molar-refractivity contribution in [3.8, 4) is 5.75 Å². The van der Waals surface area contributed by atoms with Crippen molar-refractivity contribution in [2.24, 2.45) is 0 Å². The van der Waals surface area contributed by atoms with Gasteiger partial charge in [-0.25, -0.2) is 0 Å². The third-order valence-corrected chi connectivity index (χ3v) is 4.13. The Bertz CT molecular complexity index is 455. The molecule has 0 aliphatic rings. The summed E-state index contributed by atoms with van der Waals surface area (Å²) in [4.78, 5) is 13.6. The lowest BCUT2D eigenvalue weighted by atomic mass is 10.2. The predicted octanol–water partition coefficient (Wildman–Crippen LogP) is 3.18. The molecule has 0 radical (unpaired) electrons. The van der Waals surface area contributed by atoms with Gasteiger partial charge in [-0.2, -0.15) is 0 Å². The highest BCUT2D eigenvalue weighted by Gasteiger charge is 2.15. The van der Waals surface area contributed by atoms with Crippen molar-refractivity contribution in [3.05, 3.63) is 26.6 Å². The molecule has 1 amide bonds. The van der Waals surface area contributed by atoms with Crippen LogP contribution in [0.4, 0.5) is 0 Å². The number of rotatable bonds is 6. The Morgan fingerprint density at radius 2 is 1.90 bits per heavy atom. The van der Waals surface area contributed by atoms with Gasteiger partial charge in [-0.05, 0) is 70.5 Å². The first-order chi connectivity index (χ1) is 9.36. The van der Waals surface area contributed by atoms with Gasteiger partial charge in [0.15, 0.2) is 6.61 Å². The first kappa shape index (κ1) is 17.5. The number of amides is 1. The van der Waals surface area contributed by atoms with E-state index in [-0.39, 0.29) is 18.6 Å². The lowest BCUT2D eigenvalue weighted by Gasteiger charge is -2.22. The molecule has 0 saturated heterocycles. The van der Waals surface area contributed by atoms with E-state index in [1.165, 1.54) is 0 Å². The molecule has 4 nitrogen and oxygen atoms in total. The van der Waals surface area contributed by atoms with Gasteiger partial charge in [-0.1, -0.05) is 0 Å². The van der Waals surface area contributed by atoms with E-state index in [2.05, 4.69) is 37.2 Å². The van der Waals surface area contributed by atoms with Gasteiger partial charge in [0.05, 0.1) is 8.95 Å². The molecule has 20 heavy (non-hydrogen) atoms. The first-order valence-electron chi connectivity index (χ1n) is 6.37. The number of ether oxygens (including phenoxy) is 1. The number of carbonyl (C=O) groups is 1. The number of nitrogens with zero attached hydrogens (tertiary/aromatic N) is 1. The molecule has 1 rings (SSSR count). The highest BCUT2D eigenvalue weighted by molar-refractivity contribution is 9.11. The van der Waals surface area contributed by atoms with E-state index in [9.17, 15) is 4.79 Å². The fourth-order valence-corrected chi connectivity index (χ4v) is 3.09. The highest BCUT2D eigenvalue weighted by atomic mass is 79.9. The molecule has 0 spiro atoms. The fourth-order valence-electron chi connectivity index (χ4n) is 1.58. The van der Waals surface area contributed by atoms with Gasteiger partial charge in [0.2, 0.25) is 0 Å². The van der Waals surface area contributed by atoms with E-state index >= 15 is 0 Å². The standard InChI is InChI=1S/C14H20Br2N2O2/c1-9(2)18(4)13(19)8-20-14-11(15)5-10(7-17-3)6-12(14)16/h5-6,9,17H,7-8H2,1-4H3. The van der Waals surface area contributed by atoms with E-state index in [1.807, 2.05) is 33.0 Å². The Labute approximate surface area is 137 Å². The Hall–Kier alpha value is -0.590. The van der Waals surface area contributed by atoms with Gasteiger partial charge in [0.25, 0.3) is 5.91 Å². The van der Waals surface area contributed by atoms with Crippen molar-refractivity contribution in [1.82, 2.24) is 10.2 Å². The second kappa shape index (κ2) is 8.00. The first-order valence-corrected chi connectivity index (χ1v) is 7.96. The van der Waals surface area contributed by atoms with Crippen LogP contribution in [-0.2, 0) is 11.3 Å². The molecule has 0 fully saturated rings. The van der Waals surface area contributed by atoms with Crippen LogP contribution in [-0.4, -0.2) is 37.6 Å². The fraction of sp³-hybridized carbons (Fsp3) is 0.500. The topological polar surface area (TPSA) is 41.6 Å². The summed E-state index contributed by atoms with van der Waals surface area (Å²) in [6.07, 6.45) is 0. The zero-order chi connectivity index (χ0) is 15.3. The summed E-state index contributed by atoms with van der Waals surface area (Å²) in [6.45, 7) is 4.73. The SMILES string of the molecule is CNCc1cc(Br)c(OCC(=O)N(C)C(C)C)c(Br)c1. The van der Waals surface area contributed by atoms with Crippen molar-refractivity contribution in [1.29, 1.82) is 0 Å². The summed E-state index contributed by atoms with van der Waals surface area (Å²) in [5.74, 6) is 0.605. The Morgan fingerprint density at radius 3 is 2.35 bits per heavy atom. The predicted molar refractivity (Wildman–Crippen MR) is 88.0 cm³/mol. The summed E-state index contributed by atoms with van der Waals surface area (Å²) >= 11 is 6.95. The second-order valence-corrected chi connectivity index (χ2v) is 6.51. The third-order valence-electron chi connectivity index (χ3n) is 2.95. The minimum atomic E-state index is -0.0434. The molecule has 0 atom stereocenters. The lowest BCUT2D eigenvalue weighted by Crippen LogP contribution is -2.36. The van der Waals surface area contributed by atoms with E-state index < -0.39 is 0 Å². The molecule has 0 heterocycles. The number of benzene rings is 1. The molecule has 1 N–H and O–H groups in total. The third kappa shape index (κ3) is 4.75. The van der Waals surface area contributed by atoms with Crippen LogP contribution in [0.5, 0.6) is 5.75 Å². The highest BCUT2D eigenvalue weighted by Crippen LogP contribution is 2.34. The van der Waals surface area contributed by atoms with E-state index in [4.69, 9.17) is 4.74 Å². The molecule has 0 aromatic heterocycles. The largest absolute Gasteiger partial charge is 0.481 e. The summed E-state index contributed by atoms with van der Waals surface area (Å²) in [5.41, 5.74) is 1.13. The summed E-state index contributed by atoms with van der Waals surface area (Å²) in [5, 5.41) is 3.09. The van der Waals surface area contributed by atoms with Crippen LogP contribution in [0.2, 0.25) is 0 Å². The van der Waals surface area contributed by atoms with E-state index in [1.54, 1.807) is 11.9 Å². The van der Waals surface area contributed by atoms with Crippen molar-refractivity contribution >= 4 is 37.8 Å². The summed E-state index contributed by atoms with van der Waals surface area (Å²) < 4.78 is 7.29. The quantitative estimate of drug-likeness (QED) is 0.787. The van der Waals surface area contributed by atoms with Gasteiger partial charge in [0, 0.05) is 19.6 Å². The average molecular weight is 408 g/mol. The molecular weight excluding hydrogens is 388 g/mol. The van der Waals surface area contributed by atoms with Gasteiger partial charge in [-0.3, -0.25) is 4.79 Å². The van der Waals surface area contributed by atoms with Crippen molar-refractivity contribution < 1.29 is 9.53 Å². The van der Waals surface area contributed by atoms with Crippen molar-refractivity contribution in [3.63, 3.8) is 0 Å². The van der Waals surface area contributed by atoms with Crippen LogP contribution in [0, 0.1) is 0 Å². The maximum Gasteiger partial charge on any atom is 0.260 e. The average Bonchev–Trinajstić information content (AvgIpc) is 2.36. The van der Waals surface area contributed by atoms with Crippen molar-refractivity contribution in [2.45, 2.75) is 26.4 Å². The molecule has 112 valence electrons. The molecule has 0 aliphatic heterocycles. The maximum atomic E-state index is 11.9. The van der Waals surface area contributed by atoms with Gasteiger partial charge in [-0.15, -0.1) is 0 Å². The number of hydrogen-bond donors (Lipinski definition) is 1. The van der Waals surface area contributed by atoms with Crippen molar-refractivity contribution in [2.75, 3.05) is 20.7 Å². The minimum absolute atomic E-state index is 0.0251. The van der Waals surface area contributed by atoms with Crippen LogP contribution in [0.3, 0.4) is 0 Å². The van der Waals surface area contributed by atoms with E-state index in [0.29, 0.717) is 5.75 Å².